The third-order valence-corrected chi connectivity index (χ3v) is 2.88. The molecule has 0 saturated heterocycles. The molecule has 1 unspecified atom stereocenters. The summed E-state index contributed by atoms with van der Waals surface area (Å²) in [6.07, 6.45) is 2.27. The molecule has 3 N–H and O–H groups in total. The summed E-state index contributed by atoms with van der Waals surface area (Å²) in [5.74, 6) is 0.585. The van der Waals surface area contributed by atoms with Crippen LogP contribution in [0.2, 0.25) is 0 Å². The Balaban J connectivity index is 2.20. The molecule has 1 rings (SSSR count). The van der Waals surface area contributed by atoms with Crippen molar-refractivity contribution in [1.29, 1.82) is 0 Å². The van der Waals surface area contributed by atoms with Crippen molar-refractivity contribution < 1.29 is 4.79 Å². The Morgan fingerprint density at radius 3 is 2.71 bits per heavy atom. The molecule has 17 heavy (non-hydrogen) atoms. The van der Waals surface area contributed by atoms with Gasteiger partial charge in [-0.3, -0.25) is 4.79 Å². The highest BCUT2D eigenvalue weighted by molar-refractivity contribution is 5.75. The lowest BCUT2D eigenvalue weighted by molar-refractivity contribution is -0.121. The summed E-state index contributed by atoms with van der Waals surface area (Å²) in [5, 5.41) is 2.92. The van der Waals surface area contributed by atoms with Crippen LogP contribution in [-0.2, 0) is 4.79 Å². The van der Waals surface area contributed by atoms with Crippen LogP contribution in [0.4, 0.5) is 0 Å². The van der Waals surface area contributed by atoms with Crippen LogP contribution in [0.5, 0.6) is 0 Å². The molecule has 0 saturated carbocycles. The Kier molecular flexibility index (Phi) is 6.33. The fourth-order valence-electron chi connectivity index (χ4n) is 1.73. The van der Waals surface area contributed by atoms with Gasteiger partial charge in [0, 0.05) is 13.0 Å². The van der Waals surface area contributed by atoms with Crippen molar-refractivity contribution >= 4 is 5.91 Å². The van der Waals surface area contributed by atoms with Crippen LogP contribution in [0.25, 0.3) is 0 Å². The maximum absolute atomic E-state index is 11.4. The molecular formula is C14H22N2O. The molecule has 3 heteroatoms. The molecule has 1 aromatic carbocycles. The van der Waals surface area contributed by atoms with Crippen LogP contribution >= 0.6 is 0 Å². The summed E-state index contributed by atoms with van der Waals surface area (Å²) in [4.78, 5) is 11.4. The zero-order chi connectivity index (χ0) is 12.5. The number of hydrogen-bond acceptors (Lipinski definition) is 2. The molecule has 0 bridgehead atoms. The molecule has 0 aliphatic heterocycles. The number of amides is 1. The van der Waals surface area contributed by atoms with Crippen molar-refractivity contribution in [1.82, 2.24) is 5.32 Å². The number of carbonyl (C=O) groups is 1. The summed E-state index contributed by atoms with van der Waals surface area (Å²) in [6.45, 7) is 3.49. The summed E-state index contributed by atoms with van der Waals surface area (Å²) in [6, 6.07) is 10.4. The van der Waals surface area contributed by atoms with E-state index in [-0.39, 0.29) is 5.91 Å². The SMILES string of the molecule is CC(CCNC(=O)CCCN)c1ccccc1. The Bertz CT molecular complexity index is 324. The minimum atomic E-state index is 0.107. The standard InChI is InChI=1S/C14H22N2O/c1-12(13-6-3-2-4-7-13)9-11-16-14(17)8-5-10-15/h2-4,6-7,12H,5,8-11,15H2,1H3,(H,16,17). The zero-order valence-electron chi connectivity index (χ0n) is 10.5. The molecular weight excluding hydrogens is 212 g/mol. The van der Waals surface area contributed by atoms with Gasteiger partial charge < -0.3 is 11.1 Å². The first-order valence-corrected chi connectivity index (χ1v) is 6.25. The molecule has 0 radical (unpaired) electrons. The van der Waals surface area contributed by atoms with E-state index >= 15 is 0 Å². The highest BCUT2D eigenvalue weighted by Crippen LogP contribution is 2.17. The van der Waals surface area contributed by atoms with E-state index in [2.05, 4.69) is 24.4 Å². The van der Waals surface area contributed by atoms with E-state index in [1.165, 1.54) is 5.56 Å². The van der Waals surface area contributed by atoms with Crippen LogP contribution in [0.3, 0.4) is 0 Å². The average molecular weight is 234 g/mol. The molecule has 0 aliphatic rings. The molecule has 1 amide bonds. The minimum absolute atomic E-state index is 0.107. The van der Waals surface area contributed by atoms with E-state index in [9.17, 15) is 4.79 Å². The minimum Gasteiger partial charge on any atom is -0.356 e. The number of rotatable bonds is 7. The van der Waals surface area contributed by atoms with Gasteiger partial charge >= 0.3 is 0 Å². The van der Waals surface area contributed by atoms with Gasteiger partial charge in [0.05, 0.1) is 0 Å². The van der Waals surface area contributed by atoms with Crippen molar-refractivity contribution in [3.05, 3.63) is 35.9 Å². The molecule has 1 aromatic rings. The van der Waals surface area contributed by atoms with Gasteiger partial charge in [-0.2, -0.15) is 0 Å². The van der Waals surface area contributed by atoms with Crippen LogP contribution < -0.4 is 11.1 Å². The van der Waals surface area contributed by atoms with Gasteiger partial charge in [-0.05, 0) is 30.9 Å². The Labute approximate surface area is 103 Å². The van der Waals surface area contributed by atoms with Crippen molar-refractivity contribution in [2.45, 2.75) is 32.1 Å². The number of nitrogens with one attached hydrogen (secondary N) is 1. The van der Waals surface area contributed by atoms with E-state index in [1.54, 1.807) is 0 Å². The van der Waals surface area contributed by atoms with E-state index in [1.807, 2.05) is 18.2 Å². The van der Waals surface area contributed by atoms with Crippen molar-refractivity contribution in [2.24, 2.45) is 5.73 Å². The molecule has 1 atom stereocenters. The zero-order valence-corrected chi connectivity index (χ0v) is 10.5. The molecule has 0 fully saturated rings. The molecule has 3 nitrogen and oxygen atoms in total. The molecule has 0 aliphatic carbocycles. The summed E-state index contributed by atoms with van der Waals surface area (Å²) in [5.41, 5.74) is 6.67. The van der Waals surface area contributed by atoms with Crippen LogP contribution in [-0.4, -0.2) is 19.0 Å². The highest BCUT2D eigenvalue weighted by atomic mass is 16.1. The van der Waals surface area contributed by atoms with E-state index in [0.29, 0.717) is 18.9 Å². The fourth-order valence-corrected chi connectivity index (χ4v) is 1.73. The van der Waals surface area contributed by atoms with Crippen molar-refractivity contribution in [3.8, 4) is 0 Å². The number of hydrogen-bond donors (Lipinski definition) is 2. The normalized spacial score (nSPS) is 12.1. The fraction of sp³-hybridized carbons (Fsp3) is 0.500. The van der Waals surface area contributed by atoms with E-state index in [4.69, 9.17) is 5.73 Å². The quantitative estimate of drug-likeness (QED) is 0.758. The van der Waals surface area contributed by atoms with Gasteiger partial charge in [-0.15, -0.1) is 0 Å². The van der Waals surface area contributed by atoms with Gasteiger partial charge in [-0.25, -0.2) is 0 Å². The second-order valence-electron chi connectivity index (χ2n) is 4.34. The maximum Gasteiger partial charge on any atom is 0.220 e. The van der Waals surface area contributed by atoms with Crippen LogP contribution in [0.15, 0.2) is 30.3 Å². The number of carbonyl (C=O) groups excluding carboxylic acids is 1. The summed E-state index contributed by atoms with van der Waals surface area (Å²) >= 11 is 0. The second kappa shape index (κ2) is 7.85. The first-order valence-electron chi connectivity index (χ1n) is 6.25. The predicted octanol–water partition coefficient (Wildman–Crippen LogP) is 2.04. The first kappa shape index (κ1) is 13.7. The number of benzene rings is 1. The van der Waals surface area contributed by atoms with Gasteiger partial charge in [0.1, 0.15) is 0 Å². The molecule has 0 heterocycles. The van der Waals surface area contributed by atoms with Crippen LogP contribution in [0.1, 0.15) is 37.7 Å². The lowest BCUT2D eigenvalue weighted by atomic mass is 9.98. The summed E-state index contributed by atoms with van der Waals surface area (Å²) in [7, 11) is 0. The smallest absolute Gasteiger partial charge is 0.220 e. The lowest BCUT2D eigenvalue weighted by Gasteiger charge is -2.12. The monoisotopic (exact) mass is 234 g/mol. The molecule has 94 valence electrons. The Morgan fingerprint density at radius 1 is 1.35 bits per heavy atom. The number of nitrogens with two attached hydrogens (primary N) is 1. The van der Waals surface area contributed by atoms with Crippen LogP contribution in [0, 0.1) is 0 Å². The second-order valence-corrected chi connectivity index (χ2v) is 4.34. The van der Waals surface area contributed by atoms with Gasteiger partial charge in [0.2, 0.25) is 5.91 Å². The molecule has 0 aromatic heterocycles. The Hall–Kier alpha value is -1.35. The highest BCUT2D eigenvalue weighted by Gasteiger charge is 2.05. The van der Waals surface area contributed by atoms with Gasteiger partial charge in [0.25, 0.3) is 0 Å². The van der Waals surface area contributed by atoms with E-state index < -0.39 is 0 Å². The van der Waals surface area contributed by atoms with Gasteiger partial charge in [-0.1, -0.05) is 37.3 Å². The van der Waals surface area contributed by atoms with Crippen molar-refractivity contribution in [3.63, 3.8) is 0 Å². The lowest BCUT2D eigenvalue weighted by Crippen LogP contribution is -2.25. The third kappa shape index (κ3) is 5.50. The summed E-state index contributed by atoms with van der Waals surface area (Å²) < 4.78 is 0. The third-order valence-electron chi connectivity index (χ3n) is 2.88. The largest absolute Gasteiger partial charge is 0.356 e. The average Bonchev–Trinajstić information content (AvgIpc) is 2.37. The van der Waals surface area contributed by atoms with Crippen molar-refractivity contribution in [2.75, 3.05) is 13.1 Å². The topological polar surface area (TPSA) is 55.1 Å². The maximum atomic E-state index is 11.4. The first-order chi connectivity index (χ1) is 8.24. The van der Waals surface area contributed by atoms with Gasteiger partial charge in [0.15, 0.2) is 0 Å². The Morgan fingerprint density at radius 2 is 2.06 bits per heavy atom. The molecule has 0 spiro atoms. The predicted molar refractivity (Wildman–Crippen MR) is 70.8 cm³/mol. The van der Waals surface area contributed by atoms with E-state index in [0.717, 1.165) is 19.4 Å².